The molecule has 1 aromatic carbocycles. The molecule has 1 fully saturated rings. The number of nitrogens with zero attached hydrogens (tertiary/aromatic N) is 1. The third-order valence-corrected chi connectivity index (χ3v) is 5.61. The molecule has 2 amide bonds. The van der Waals surface area contributed by atoms with Crippen molar-refractivity contribution in [3.05, 3.63) is 34.9 Å². The summed E-state index contributed by atoms with van der Waals surface area (Å²) in [4.78, 5) is 13.8. The van der Waals surface area contributed by atoms with Crippen molar-refractivity contribution in [1.82, 2.24) is 10.2 Å². The first-order valence-electron chi connectivity index (χ1n) is 6.90. The number of amides is 2. The van der Waals surface area contributed by atoms with E-state index in [1.54, 1.807) is 17.0 Å². The number of urea groups is 1. The summed E-state index contributed by atoms with van der Waals surface area (Å²) in [7, 11) is -2.99. The normalized spacial score (nSPS) is 20.2. The zero-order chi connectivity index (χ0) is 15.5. The van der Waals surface area contributed by atoms with Gasteiger partial charge in [-0.2, -0.15) is 0 Å². The average Bonchev–Trinajstić information content (AvgIpc) is 2.79. The van der Waals surface area contributed by atoms with Crippen molar-refractivity contribution in [2.75, 3.05) is 18.1 Å². The van der Waals surface area contributed by atoms with Crippen LogP contribution in [0.4, 0.5) is 4.79 Å². The van der Waals surface area contributed by atoms with E-state index in [4.69, 9.17) is 11.6 Å². The van der Waals surface area contributed by atoms with Crippen LogP contribution in [0.1, 0.15) is 18.9 Å². The summed E-state index contributed by atoms with van der Waals surface area (Å²) in [5.74, 6) is 0.230. The SMILES string of the molecule is CCN(C(=O)NCc1ccc(Cl)cc1)C1CCS(=O)(=O)C1. The van der Waals surface area contributed by atoms with Gasteiger partial charge in [-0.3, -0.25) is 0 Å². The first-order chi connectivity index (χ1) is 9.91. The van der Waals surface area contributed by atoms with Crippen molar-refractivity contribution in [1.29, 1.82) is 0 Å². The highest BCUT2D eigenvalue weighted by Crippen LogP contribution is 2.18. The van der Waals surface area contributed by atoms with Gasteiger partial charge >= 0.3 is 6.03 Å². The van der Waals surface area contributed by atoms with Crippen LogP contribution in [-0.4, -0.2) is 43.4 Å². The van der Waals surface area contributed by atoms with Crippen LogP contribution in [0.25, 0.3) is 0 Å². The minimum absolute atomic E-state index is 0.0647. The molecule has 116 valence electrons. The monoisotopic (exact) mass is 330 g/mol. The van der Waals surface area contributed by atoms with E-state index in [2.05, 4.69) is 5.32 Å². The van der Waals surface area contributed by atoms with Crippen LogP contribution in [0.2, 0.25) is 5.02 Å². The van der Waals surface area contributed by atoms with E-state index in [-0.39, 0.29) is 23.6 Å². The molecule has 1 unspecified atom stereocenters. The number of hydrogen-bond acceptors (Lipinski definition) is 3. The molecule has 1 aliphatic rings. The third kappa shape index (κ3) is 4.35. The molecule has 0 aromatic heterocycles. The van der Waals surface area contributed by atoms with E-state index < -0.39 is 9.84 Å². The lowest BCUT2D eigenvalue weighted by molar-refractivity contribution is 0.183. The lowest BCUT2D eigenvalue weighted by Crippen LogP contribution is -2.46. The predicted octanol–water partition coefficient (Wildman–Crippen LogP) is 2.06. The van der Waals surface area contributed by atoms with Crippen molar-refractivity contribution in [3.8, 4) is 0 Å². The summed E-state index contributed by atoms with van der Waals surface area (Å²) in [5.41, 5.74) is 0.947. The van der Waals surface area contributed by atoms with Crippen molar-refractivity contribution in [2.24, 2.45) is 0 Å². The Balaban J connectivity index is 1.93. The van der Waals surface area contributed by atoms with Crippen LogP contribution in [-0.2, 0) is 16.4 Å². The van der Waals surface area contributed by atoms with E-state index in [0.717, 1.165) is 5.56 Å². The Kier molecular flexibility index (Phi) is 5.11. The largest absolute Gasteiger partial charge is 0.334 e. The van der Waals surface area contributed by atoms with E-state index in [0.29, 0.717) is 24.5 Å². The molecule has 1 heterocycles. The summed E-state index contributed by atoms with van der Waals surface area (Å²) in [5, 5.41) is 3.47. The highest BCUT2D eigenvalue weighted by atomic mass is 35.5. The molecule has 1 atom stereocenters. The number of carbonyl (C=O) groups excluding carboxylic acids is 1. The van der Waals surface area contributed by atoms with Gasteiger partial charge in [-0.25, -0.2) is 13.2 Å². The molecule has 1 aliphatic heterocycles. The second kappa shape index (κ2) is 6.66. The minimum Gasteiger partial charge on any atom is -0.334 e. The lowest BCUT2D eigenvalue weighted by Gasteiger charge is -2.27. The Hall–Kier alpha value is -1.27. The predicted molar refractivity (Wildman–Crippen MR) is 83.1 cm³/mol. The molecule has 1 saturated heterocycles. The summed E-state index contributed by atoms with van der Waals surface area (Å²) in [6.45, 7) is 2.74. The quantitative estimate of drug-likeness (QED) is 0.919. The molecule has 0 saturated carbocycles. The number of nitrogens with one attached hydrogen (secondary N) is 1. The Bertz CT molecular complexity index is 601. The molecule has 21 heavy (non-hydrogen) atoms. The van der Waals surface area contributed by atoms with Crippen LogP contribution < -0.4 is 5.32 Å². The highest BCUT2D eigenvalue weighted by Gasteiger charge is 2.33. The van der Waals surface area contributed by atoms with Gasteiger partial charge in [0.15, 0.2) is 9.84 Å². The molecule has 5 nitrogen and oxygen atoms in total. The van der Waals surface area contributed by atoms with Gasteiger partial charge in [-0.15, -0.1) is 0 Å². The van der Waals surface area contributed by atoms with Crippen LogP contribution in [0.15, 0.2) is 24.3 Å². The van der Waals surface area contributed by atoms with Crippen molar-refractivity contribution >= 4 is 27.5 Å². The van der Waals surface area contributed by atoms with E-state index in [1.165, 1.54) is 0 Å². The van der Waals surface area contributed by atoms with Gasteiger partial charge in [0.2, 0.25) is 0 Å². The van der Waals surface area contributed by atoms with Crippen LogP contribution >= 0.6 is 11.6 Å². The summed E-state index contributed by atoms with van der Waals surface area (Å²) < 4.78 is 23.0. The molecular formula is C14H19ClN2O3S. The maximum atomic E-state index is 12.2. The van der Waals surface area contributed by atoms with Crippen LogP contribution in [0.5, 0.6) is 0 Å². The fourth-order valence-corrected chi connectivity index (χ4v) is 4.33. The van der Waals surface area contributed by atoms with Gasteiger partial charge in [-0.05, 0) is 31.0 Å². The number of carbonyl (C=O) groups is 1. The summed E-state index contributed by atoms with van der Waals surface area (Å²) in [6.07, 6.45) is 0.518. The smallest absolute Gasteiger partial charge is 0.317 e. The zero-order valence-electron chi connectivity index (χ0n) is 11.9. The maximum absolute atomic E-state index is 12.2. The second-order valence-corrected chi connectivity index (χ2v) is 7.79. The number of benzene rings is 1. The van der Waals surface area contributed by atoms with Crippen LogP contribution in [0.3, 0.4) is 0 Å². The standard InChI is InChI=1S/C14H19ClN2O3S/c1-2-17(13-7-8-21(19,20)10-13)14(18)16-9-11-3-5-12(15)6-4-11/h3-6,13H,2,7-10H2,1H3,(H,16,18). The number of halogens is 1. The molecular weight excluding hydrogens is 312 g/mol. The maximum Gasteiger partial charge on any atom is 0.317 e. The van der Waals surface area contributed by atoms with Gasteiger partial charge in [0.25, 0.3) is 0 Å². The Morgan fingerprint density at radius 1 is 1.38 bits per heavy atom. The van der Waals surface area contributed by atoms with E-state index in [9.17, 15) is 13.2 Å². The van der Waals surface area contributed by atoms with Gasteiger partial charge < -0.3 is 10.2 Å². The summed E-state index contributed by atoms with van der Waals surface area (Å²) >= 11 is 5.81. The van der Waals surface area contributed by atoms with Crippen LogP contribution in [0, 0.1) is 0 Å². The molecule has 1 N–H and O–H groups in total. The Labute approximate surface area is 130 Å². The van der Waals surface area contributed by atoms with E-state index >= 15 is 0 Å². The van der Waals surface area contributed by atoms with Gasteiger partial charge in [-0.1, -0.05) is 23.7 Å². The molecule has 2 rings (SSSR count). The van der Waals surface area contributed by atoms with Crippen molar-refractivity contribution < 1.29 is 13.2 Å². The number of rotatable bonds is 4. The molecule has 0 spiro atoms. The second-order valence-electron chi connectivity index (χ2n) is 5.13. The number of hydrogen-bond donors (Lipinski definition) is 1. The Morgan fingerprint density at radius 2 is 2.05 bits per heavy atom. The fraction of sp³-hybridized carbons (Fsp3) is 0.500. The van der Waals surface area contributed by atoms with Gasteiger partial charge in [0.1, 0.15) is 0 Å². The number of sulfone groups is 1. The third-order valence-electron chi connectivity index (χ3n) is 3.61. The topological polar surface area (TPSA) is 66.5 Å². The van der Waals surface area contributed by atoms with Crippen molar-refractivity contribution in [2.45, 2.75) is 25.9 Å². The summed E-state index contributed by atoms with van der Waals surface area (Å²) in [6, 6.07) is 6.78. The highest BCUT2D eigenvalue weighted by molar-refractivity contribution is 7.91. The molecule has 0 aliphatic carbocycles. The molecule has 0 bridgehead atoms. The minimum atomic E-state index is -2.99. The molecule has 7 heteroatoms. The zero-order valence-corrected chi connectivity index (χ0v) is 13.5. The first kappa shape index (κ1) is 16.1. The van der Waals surface area contributed by atoms with E-state index in [1.807, 2.05) is 19.1 Å². The fourth-order valence-electron chi connectivity index (χ4n) is 2.47. The first-order valence-corrected chi connectivity index (χ1v) is 9.10. The Morgan fingerprint density at radius 3 is 2.57 bits per heavy atom. The molecule has 1 aromatic rings. The van der Waals surface area contributed by atoms with Gasteiger partial charge in [0.05, 0.1) is 11.5 Å². The average molecular weight is 331 g/mol. The lowest BCUT2D eigenvalue weighted by atomic mass is 10.2. The van der Waals surface area contributed by atoms with Gasteiger partial charge in [0, 0.05) is 24.2 Å². The van der Waals surface area contributed by atoms with Crippen molar-refractivity contribution in [3.63, 3.8) is 0 Å². The molecule has 0 radical (unpaired) electrons.